The number of hydrogen-bond donors (Lipinski definition) is 1. The van der Waals surface area contributed by atoms with Crippen molar-refractivity contribution >= 4 is 17.4 Å². The summed E-state index contributed by atoms with van der Waals surface area (Å²) in [5.74, 6) is 0.626. The molecule has 1 aromatic heterocycles. The summed E-state index contributed by atoms with van der Waals surface area (Å²) in [6.07, 6.45) is 1.73. The summed E-state index contributed by atoms with van der Waals surface area (Å²) in [7, 11) is 3.45. The number of aromatic nitrogens is 2. The van der Waals surface area contributed by atoms with Gasteiger partial charge in [-0.2, -0.15) is 5.10 Å². The van der Waals surface area contributed by atoms with Crippen LogP contribution in [0, 0.1) is 0 Å². The van der Waals surface area contributed by atoms with Crippen molar-refractivity contribution in [2.75, 3.05) is 12.8 Å². The molecule has 0 unspecified atom stereocenters. The molecule has 1 aromatic carbocycles. The molecule has 2 aromatic rings. The Hall–Kier alpha value is -1.52. The molecule has 17 heavy (non-hydrogen) atoms. The largest absolute Gasteiger partial charge is 0.383 e. The zero-order valence-electron chi connectivity index (χ0n) is 9.77. The van der Waals surface area contributed by atoms with E-state index in [1.807, 2.05) is 18.2 Å². The van der Waals surface area contributed by atoms with Gasteiger partial charge in [0.15, 0.2) is 0 Å². The van der Waals surface area contributed by atoms with Crippen molar-refractivity contribution in [2.45, 2.75) is 6.61 Å². The number of ether oxygens (including phenoxy) is 1. The highest BCUT2D eigenvalue weighted by Crippen LogP contribution is 2.29. The number of rotatable bonds is 3. The number of nitrogens with zero attached hydrogens (tertiary/aromatic N) is 2. The van der Waals surface area contributed by atoms with Crippen LogP contribution in [-0.4, -0.2) is 16.9 Å². The molecule has 2 rings (SSSR count). The fourth-order valence-electron chi connectivity index (χ4n) is 1.66. The number of anilines is 1. The first-order chi connectivity index (χ1) is 8.13. The minimum absolute atomic E-state index is 0.502. The van der Waals surface area contributed by atoms with Crippen molar-refractivity contribution in [1.29, 1.82) is 0 Å². The fourth-order valence-corrected chi connectivity index (χ4v) is 1.89. The van der Waals surface area contributed by atoms with Crippen LogP contribution in [0.2, 0.25) is 5.02 Å². The van der Waals surface area contributed by atoms with Gasteiger partial charge in [-0.05, 0) is 17.2 Å². The van der Waals surface area contributed by atoms with Crippen LogP contribution in [0.1, 0.15) is 5.56 Å². The highest BCUT2D eigenvalue weighted by Gasteiger charge is 2.09. The van der Waals surface area contributed by atoms with Crippen molar-refractivity contribution < 1.29 is 4.74 Å². The number of aryl methyl sites for hydroxylation is 1. The van der Waals surface area contributed by atoms with E-state index in [9.17, 15) is 0 Å². The summed E-state index contributed by atoms with van der Waals surface area (Å²) in [6.45, 7) is 0.502. The van der Waals surface area contributed by atoms with E-state index in [0.717, 1.165) is 16.7 Å². The lowest BCUT2D eigenvalue weighted by atomic mass is 10.1. The molecular formula is C12H14ClN3O. The molecule has 1 heterocycles. The SMILES string of the molecule is COCc1ccc(-c2cnn(C)c2N)cc1Cl. The second-order valence-electron chi connectivity index (χ2n) is 3.81. The summed E-state index contributed by atoms with van der Waals surface area (Å²) in [5, 5.41) is 4.78. The molecule has 0 saturated heterocycles. The number of nitrogen functional groups attached to an aromatic ring is 1. The predicted molar refractivity (Wildman–Crippen MR) is 68.8 cm³/mol. The molecule has 0 aliphatic heterocycles. The zero-order valence-corrected chi connectivity index (χ0v) is 10.5. The summed E-state index contributed by atoms with van der Waals surface area (Å²) >= 11 is 6.17. The third-order valence-electron chi connectivity index (χ3n) is 2.65. The Bertz CT molecular complexity index is 537. The molecule has 4 nitrogen and oxygen atoms in total. The highest BCUT2D eigenvalue weighted by molar-refractivity contribution is 6.31. The molecule has 0 aliphatic rings. The van der Waals surface area contributed by atoms with Crippen molar-refractivity contribution in [3.63, 3.8) is 0 Å². The van der Waals surface area contributed by atoms with Gasteiger partial charge in [0.05, 0.1) is 12.8 Å². The Morgan fingerprint density at radius 2 is 2.24 bits per heavy atom. The Balaban J connectivity index is 2.41. The second kappa shape index (κ2) is 4.77. The lowest BCUT2D eigenvalue weighted by molar-refractivity contribution is 0.185. The maximum Gasteiger partial charge on any atom is 0.129 e. The van der Waals surface area contributed by atoms with E-state index in [-0.39, 0.29) is 0 Å². The van der Waals surface area contributed by atoms with Crippen LogP contribution in [0.25, 0.3) is 11.1 Å². The molecule has 0 radical (unpaired) electrons. The molecular weight excluding hydrogens is 238 g/mol. The van der Waals surface area contributed by atoms with Crippen molar-refractivity contribution in [3.05, 3.63) is 35.0 Å². The van der Waals surface area contributed by atoms with Gasteiger partial charge in [0.2, 0.25) is 0 Å². The molecule has 0 aliphatic carbocycles. The summed E-state index contributed by atoms with van der Waals surface area (Å²) in [4.78, 5) is 0. The summed E-state index contributed by atoms with van der Waals surface area (Å²) in [6, 6.07) is 5.78. The molecule has 0 saturated carbocycles. The molecule has 2 N–H and O–H groups in total. The quantitative estimate of drug-likeness (QED) is 0.912. The van der Waals surface area contributed by atoms with Crippen LogP contribution in [0.15, 0.2) is 24.4 Å². The first-order valence-electron chi connectivity index (χ1n) is 5.18. The van der Waals surface area contributed by atoms with E-state index in [2.05, 4.69) is 5.10 Å². The Kier molecular flexibility index (Phi) is 3.36. The monoisotopic (exact) mass is 251 g/mol. The number of benzene rings is 1. The smallest absolute Gasteiger partial charge is 0.129 e. The standard InChI is InChI=1S/C12H14ClN3O/c1-16-12(14)10(6-15-16)8-3-4-9(7-17-2)11(13)5-8/h3-6H,7,14H2,1-2H3. The molecule has 0 amide bonds. The van der Waals surface area contributed by atoms with Crippen LogP contribution < -0.4 is 5.73 Å². The summed E-state index contributed by atoms with van der Waals surface area (Å²) < 4.78 is 6.69. The molecule has 0 fully saturated rings. The lowest BCUT2D eigenvalue weighted by Gasteiger charge is -2.06. The van der Waals surface area contributed by atoms with Crippen LogP contribution in [0.3, 0.4) is 0 Å². The van der Waals surface area contributed by atoms with Gasteiger partial charge in [-0.25, -0.2) is 0 Å². The summed E-state index contributed by atoms with van der Waals surface area (Å²) in [5.41, 5.74) is 8.72. The van der Waals surface area contributed by atoms with Crippen molar-refractivity contribution in [3.8, 4) is 11.1 Å². The Morgan fingerprint density at radius 3 is 2.76 bits per heavy atom. The predicted octanol–water partition coefficient (Wildman–Crippen LogP) is 2.47. The normalized spacial score (nSPS) is 10.8. The third-order valence-corrected chi connectivity index (χ3v) is 3.00. The average Bonchev–Trinajstić information content (AvgIpc) is 2.63. The van der Waals surface area contributed by atoms with Crippen LogP contribution in [-0.2, 0) is 18.4 Å². The highest BCUT2D eigenvalue weighted by atomic mass is 35.5. The zero-order chi connectivity index (χ0) is 12.4. The van der Waals surface area contributed by atoms with Gasteiger partial charge in [-0.15, -0.1) is 0 Å². The second-order valence-corrected chi connectivity index (χ2v) is 4.21. The van der Waals surface area contributed by atoms with E-state index >= 15 is 0 Å². The van der Waals surface area contributed by atoms with Gasteiger partial charge in [0, 0.05) is 24.7 Å². The van der Waals surface area contributed by atoms with Gasteiger partial charge < -0.3 is 10.5 Å². The van der Waals surface area contributed by atoms with Gasteiger partial charge in [0.1, 0.15) is 5.82 Å². The third kappa shape index (κ3) is 2.28. The van der Waals surface area contributed by atoms with E-state index in [1.165, 1.54) is 0 Å². The van der Waals surface area contributed by atoms with E-state index in [4.69, 9.17) is 22.1 Å². The van der Waals surface area contributed by atoms with Gasteiger partial charge in [0.25, 0.3) is 0 Å². The van der Waals surface area contributed by atoms with Crippen LogP contribution in [0.5, 0.6) is 0 Å². The molecule has 0 spiro atoms. The molecule has 0 bridgehead atoms. The maximum absolute atomic E-state index is 6.17. The van der Waals surface area contributed by atoms with Gasteiger partial charge in [-0.3, -0.25) is 4.68 Å². The topological polar surface area (TPSA) is 53.1 Å². The fraction of sp³-hybridized carbons (Fsp3) is 0.250. The minimum atomic E-state index is 0.502. The minimum Gasteiger partial charge on any atom is -0.383 e. The molecule has 90 valence electrons. The van der Waals surface area contributed by atoms with Gasteiger partial charge in [-0.1, -0.05) is 23.7 Å². The van der Waals surface area contributed by atoms with E-state index in [0.29, 0.717) is 17.4 Å². The molecule has 5 heteroatoms. The van der Waals surface area contributed by atoms with Crippen molar-refractivity contribution in [2.24, 2.45) is 7.05 Å². The number of nitrogens with two attached hydrogens (primary N) is 1. The lowest BCUT2D eigenvalue weighted by Crippen LogP contribution is -1.98. The first kappa shape index (κ1) is 12.0. The first-order valence-corrected chi connectivity index (χ1v) is 5.56. The average molecular weight is 252 g/mol. The van der Waals surface area contributed by atoms with E-state index in [1.54, 1.807) is 25.0 Å². The maximum atomic E-state index is 6.17. The van der Waals surface area contributed by atoms with Crippen LogP contribution >= 0.6 is 11.6 Å². The Labute approximate surface area is 105 Å². The number of hydrogen-bond acceptors (Lipinski definition) is 3. The number of methoxy groups -OCH3 is 1. The Morgan fingerprint density at radius 1 is 1.47 bits per heavy atom. The van der Waals surface area contributed by atoms with Gasteiger partial charge >= 0.3 is 0 Å². The van der Waals surface area contributed by atoms with Crippen LogP contribution in [0.4, 0.5) is 5.82 Å². The molecule has 0 atom stereocenters. The van der Waals surface area contributed by atoms with E-state index < -0.39 is 0 Å². The number of halogens is 1. The van der Waals surface area contributed by atoms with Crippen molar-refractivity contribution in [1.82, 2.24) is 9.78 Å².